The second-order valence-corrected chi connectivity index (χ2v) is 6.38. The highest BCUT2D eigenvalue weighted by Gasteiger charge is 2.32. The molecule has 1 amide bonds. The van der Waals surface area contributed by atoms with Crippen molar-refractivity contribution in [3.8, 4) is 0 Å². The van der Waals surface area contributed by atoms with Gasteiger partial charge in [-0.1, -0.05) is 12.1 Å². The molecule has 1 atom stereocenters. The van der Waals surface area contributed by atoms with E-state index in [-0.39, 0.29) is 11.9 Å². The normalized spacial score (nSPS) is 18.0. The van der Waals surface area contributed by atoms with Crippen molar-refractivity contribution in [2.75, 3.05) is 6.54 Å². The Bertz CT molecular complexity index is 876. The van der Waals surface area contributed by atoms with Crippen LogP contribution in [0, 0.1) is 6.92 Å². The average Bonchev–Trinajstić information content (AvgIpc) is 3.23. The molecular formula is C18H20N4O. The Hall–Kier alpha value is -2.56. The van der Waals surface area contributed by atoms with Crippen molar-refractivity contribution in [1.82, 2.24) is 19.7 Å². The van der Waals surface area contributed by atoms with Crippen LogP contribution in [0.3, 0.4) is 0 Å². The Morgan fingerprint density at radius 3 is 3.00 bits per heavy atom. The second-order valence-electron chi connectivity index (χ2n) is 6.38. The number of carbonyl (C=O) groups excluding carboxylic acids is 1. The molecule has 0 bridgehead atoms. The van der Waals surface area contributed by atoms with Crippen molar-refractivity contribution in [2.45, 2.75) is 25.8 Å². The van der Waals surface area contributed by atoms with Crippen molar-refractivity contribution in [3.05, 3.63) is 53.5 Å². The van der Waals surface area contributed by atoms with E-state index < -0.39 is 0 Å². The molecule has 1 aliphatic heterocycles. The van der Waals surface area contributed by atoms with E-state index in [0.29, 0.717) is 5.69 Å². The lowest BCUT2D eigenvalue weighted by Gasteiger charge is -2.23. The number of likely N-dealkylation sites (tertiary alicyclic amines) is 1. The highest BCUT2D eigenvalue weighted by molar-refractivity contribution is 5.98. The molecule has 1 aromatic carbocycles. The predicted molar refractivity (Wildman–Crippen MR) is 89.3 cm³/mol. The summed E-state index contributed by atoms with van der Waals surface area (Å²) in [4.78, 5) is 18.2. The van der Waals surface area contributed by atoms with Crippen LogP contribution in [0.25, 0.3) is 10.9 Å². The van der Waals surface area contributed by atoms with Gasteiger partial charge in [-0.15, -0.1) is 0 Å². The SMILES string of the molecule is Cc1ccc2cc(C(=O)N3CCCC3c3cnn(C)c3)[nH]c2c1. The Kier molecular flexibility index (Phi) is 3.22. The molecule has 118 valence electrons. The molecule has 0 saturated carbocycles. The average molecular weight is 308 g/mol. The molecule has 0 radical (unpaired) electrons. The zero-order valence-electron chi connectivity index (χ0n) is 13.4. The molecule has 3 aromatic rings. The first-order valence-corrected chi connectivity index (χ1v) is 8.01. The third kappa shape index (κ3) is 2.42. The molecule has 0 spiro atoms. The van der Waals surface area contributed by atoms with Crippen molar-refractivity contribution in [1.29, 1.82) is 0 Å². The van der Waals surface area contributed by atoms with Gasteiger partial charge in [-0.25, -0.2) is 0 Å². The molecule has 1 N–H and O–H groups in total. The van der Waals surface area contributed by atoms with E-state index in [1.807, 2.05) is 30.4 Å². The van der Waals surface area contributed by atoms with E-state index in [1.165, 1.54) is 5.56 Å². The van der Waals surface area contributed by atoms with Gasteiger partial charge in [-0.2, -0.15) is 5.10 Å². The fraction of sp³-hybridized carbons (Fsp3) is 0.333. The number of aromatic amines is 1. The predicted octanol–water partition coefficient (Wildman–Crippen LogP) is 3.19. The van der Waals surface area contributed by atoms with Gasteiger partial charge < -0.3 is 9.88 Å². The summed E-state index contributed by atoms with van der Waals surface area (Å²) in [5.41, 5.74) is 3.99. The largest absolute Gasteiger partial charge is 0.351 e. The minimum atomic E-state index is 0.0743. The van der Waals surface area contributed by atoms with Gasteiger partial charge in [0.05, 0.1) is 12.2 Å². The van der Waals surface area contributed by atoms with Gasteiger partial charge in [0.2, 0.25) is 0 Å². The lowest BCUT2D eigenvalue weighted by molar-refractivity contribution is 0.0730. The minimum absolute atomic E-state index is 0.0743. The van der Waals surface area contributed by atoms with Crippen LogP contribution in [0.15, 0.2) is 36.7 Å². The third-order valence-electron chi connectivity index (χ3n) is 4.63. The molecule has 1 unspecified atom stereocenters. The number of rotatable bonds is 2. The van der Waals surface area contributed by atoms with Crippen molar-refractivity contribution in [2.24, 2.45) is 7.05 Å². The van der Waals surface area contributed by atoms with Crippen LogP contribution in [0.1, 0.15) is 40.5 Å². The fourth-order valence-electron chi connectivity index (χ4n) is 3.48. The quantitative estimate of drug-likeness (QED) is 0.790. The van der Waals surface area contributed by atoms with Gasteiger partial charge in [0.1, 0.15) is 5.69 Å². The summed E-state index contributed by atoms with van der Waals surface area (Å²) in [6.45, 7) is 2.85. The first kappa shape index (κ1) is 14.1. The van der Waals surface area contributed by atoms with Gasteiger partial charge in [0.25, 0.3) is 5.91 Å². The summed E-state index contributed by atoms with van der Waals surface area (Å²) in [6, 6.07) is 8.29. The Morgan fingerprint density at radius 1 is 1.35 bits per heavy atom. The number of amides is 1. The zero-order chi connectivity index (χ0) is 16.0. The van der Waals surface area contributed by atoms with Crippen molar-refractivity contribution < 1.29 is 4.79 Å². The van der Waals surface area contributed by atoms with Crippen molar-refractivity contribution >= 4 is 16.8 Å². The van der Waals surface area contributed by atoms with Crippen LogP contribution in [0.4, 0.5) is 0 Å². The summed E-state index contributed by atoms with van der Waals surface area (Å²) < 4.78 is 1.79. The smallest absolute Gasteiger partial charge is 0.270 e. The maximum absolute atomic E-state index is 13.0. The molecule has 5 heteroatoms. The van der Waals surface area contributed by atoms with E-state index in [2.05, 4.69) is 35.2 Å². The maximum Gasteiger partial charge on any atom is 0.270 e. The number of hydrogen-bond acceptors (Lipinski definition) is 2. The molecule has 0 aliphatic carbocycles. The molecule has 2 aromatic heterocycles. The van der Waals surface area contributed by atoms with E-state index in [1.54, 1.807) is 4.68 Å². The molecule has 3 heterocycles. The number of hydrogen-bond donors (Lipinski definition) is 1. The summed E-state index contributed by atoms with van der Waals surface area (Å²) in [5.74, 6) is 0.0743. The number of carbonyl (C=O) groups is 1. The molecule has 5 nitrogen and oxygen atoms in total. The van der Waals surface area contributed by atoms with E-state index in [4.69, 9.17) is 0 Å². The summed E-state index contributed by atoms with van der Waals surface area (Å²) in [6.07, 6.45) is 5.90. The summed E-state index contributed by atoms with van der Waals surface area (Å²) >= 11 is 0. The topological polar surface area (TPSA) is 53.9 Å². The maximum atomic E-state index is 13.0. The number of H-pyrrole nitrogens is 1. The van der Waals surface area contributed by atoms with Crippen LogP contribution in [-0.4, -0.2) is 32.1 Å². The van der Waals surface area contributed by atoms with Crippen LogP contribution in [0.2, 0.25) is 0 Å². The number of benzene rings is 1. The van der Waals surface area contributed by atoms with Gasteiger partial charge in [0.15, 0.2) is 0 Å². The van der Waals surface area contributed by atoms with Gasteiger partial charge in [-0.05, 0) is 37.5 Å². The van der Waals surface area contributed by atoms with Crippen LogP contribution >= 0.6 is 0 Å². The number of aryl methyl sites for hydroxylation is 2. The molecule has 23 heavy (non-hydrogen) atoms. The number of nitrogens with one attached hydrogen (secondary N) is 1. The van der Waals surface area contributed by atoms with Crippen LogP contribution < -0.4 is 0 Å². The number of aromatic nitrogens is 3. The fourth-order valence-corrected chi connectivity index (χ4v) is 3.48. The summed E-state index contributed by atoms with van der Waals surface area (Å²) in [5, 5.41) is 5.32. The van der Waals surface area contributed by atoms with Crippen LogP contribution in [0.5, 0.6) is 0 Å². The number of fused-ring (bicyclic) bond motifs is 1. The Morgan fingerprint density at radius 2 is 2.22 bits per heavy atom. The van der Waals surface area contributed by atoms with Crippen molar-refractivity contribution in [3.63, 3.8) is 0 Å². The molecule has 1 fully saturated rings. The zero-order valence-corrected chi connectivity index (χ0v) is 13.4. The standard InChI is InChI=1S/C18H20N4O/c1-12-5-6-13-9-16(20-15(13)8-12)18(23)22-7-3-4-17(22)14-10-19-21(2)11-14/h5-6,8-11,17,20H,3-4,7H2,1-2H3. The van der Waals surface area contributed by atoms with E-state index >= 15 is 0 Å². The summed E-state index contributed by atoms with van der Waals surface area (Å²) in [7, 11) is 1.91. The monoisotopic (exact) mass is 308 g/mol. The lowest BCUT2D eigenvalue weighted by Crippen LogP contribution is -2.30. The molecule has 4 rings (SSSR count). The van der Waals surface area contributed by atoms with Gasteiger partial charge in [-0.3, -0.25) is 9.48 Å². The first-order chi connectivity index (χ1) is 11.1. The Labute approximate surface area is 134 Å². The van der Waals surface area contributed by atoms with E-state index in [9.17, 15) is 4.79 Å². The van der Waals surface area contributed by atoms with E-state index in [0.717, 1.165) is 35.9 Å². The van der Waals surface area contributed by atoms with Gasteiger partial charge in [0, 0.05) is 36.3 Å². The minimum Gasteiger partial charge on any atom is -0.351 e. The molecule has 1 saturated heterocycles. The third-order valence-corrected chi connectivity index (χ3v) is 4.63. The second kappa shape index (κ2) is 5.26. The van der Waals surface area contributed by atoms with Crippen LogP contribution in [-0.2, 0) is 7.05 Å². The van der Waals surface area contributed by atoms with Gasteiger partial charge >= 0.3 is 0 Å². The lowest BCUT2D eigenvalue weighted by atomic mass is 10.1. The number of nitrogens with zero attached hydrogens (tertiary/aromatic N) is 3. The highest BCUT2D eigenvalue weighted by atomic mass is 16.2. The Balaban J connectivity index is 1.66. The highest BCUT2D eigenvalue weighted by Crippen LogP contribution is 2.33. The first-order valence-electron chi connectivity index (χ1n) is 8.01. The molecular weight excluding hydrogens is 288 g/mol. The molecule has 1 aliphatic rings.